The van der Waals surface area contributed by atoms with Crippen LogP contribution in [0.25, 0.3) is 17.0 Å². The monoisotopic (exact) mass is 312 g/mol. The van der Waals surface area contributed by atoms with E-state index in [1.165, 1.54) is 11.5 Å². The van der Waals surface area contributed by atoms with Crippen molar-refractivity contribution in [3.63, 3.8) is 0 Å². The molecule has 8 heteroatoms. The van der Waals surface area contributed by atoms with Gasteiger partial charge in [0.05, 0.1) is 7.11 Å². The van der Waals surface area contributed by atoms with Crippen molar-refractivity contribution in [3.8, 4) is 0 Å². The van der Waals surface area contributed by atoms with E-state index >= 15 is 0 Å². The average Bonchev–Trinajstić information content (AvgIpc) is 2.88. The van der Waals surface area contributed by atoms with Gasteiger partial charge in [-0.3, -0.25) is 4.79 Å². The molecule has 1 heterocycles. The first-order chi connectivity index (χ1) is 10.3. The number of nitrogens with one attached hydrogen (secondary N) is 2. The number of methoxy groups -OCH3 is 1. The van der Waals surface area contributed by atoms with Crippen molar-refractivity contribution in [2.45, 2.75) is 6.18 Å². The summed E-state index contributed by atoms with van der Waals surface area (Å²) in [4.78, 5) is 25.5. The Bertz CT molecular complexity index is 747. The van der Waals surface area contributed by atoms with Crippen molar-refractivity contribution in [1.82, 2.24) is 10.3 Å². The van der Waals surface area contributed by atoms with Gasteiger partial charge in [0.2, 0.25) is 0 Å². The fraction of sp³-hybridized carbons (Fsp3) is 0.143. The van der Waals surface area contributed by atoms with Crippen molar-refractivity contribution in [3.05, 3.63) is 41.7 Å². The van der Waals surface area contributed by atoms with Crippen LogP contribution in [0.5, 0.6) is 0 Å². The van der Waals surface area contributed by atoms with E-state index in [-0.39, 0.29) is 0 Å². The first-order valence-electron chi connectivity index (χ1n) is 6.07. The molecule has 0 aliphatic rings. The Labute approximate surface area is 122 Å². The summed E-state index contributed by atoms with van der Waals surface area (Å²) in [5, 5.41) is 2.20. The molecule has 5 nitrogen and oxygen atoms in total. The van der Waals surface area contributed by atoms with Crippen LogP contribution in [0.15, 0.2) is 36.2 Å². The second-order valence-corrected chi connectivity index (χ2v) is 4.29. The number of carbonyl (C=O) groups is 2. The van der Waals surface area contributed by atoms with Gasteiger partial charge in [-0.25, -0.2) is 4.79 Å². The van der Waals surface area contributed by atoms with Gasteiger partial charge in [-0.05, 0) is 12.1 Å². The minimum atomic E-state index is -5.10. The van der Waals surface area contributed by atoms with Crippen molar-refractivity contribution in [2.75, 3.05) is 7.11 Å². The Hall–Kier alpha value is -2.77. The largest absolute Gasteiger partial charge is 0.471 e. The molecule has 0 saturated carbocycles. The van der Waals surface area contributed by atoms with Crippen LogP contribution >= 0.6 is 0 Å². The zero-order valence-corrected chi connectivity index (χ0v) is 11.3. The molecule has 0 fully saturated rings. The summed E-state index contributed by atoms with van der Waals surface area (Å²) >= 11 is 0. The molecule has 0 aliphatic carbocycles. The normalized spacial score (nSPS) is 12.3. The molecule has 1 aromatic heterocycles. The summed E-state index contributed by atoms with van der Waals surface area (Å²) in [7, 11) is 1.01. The van der Waals surface area contributed by atoms with E-state index in [9.17, 15) is 22.8 Å². The van der Waals surface area contributed by atoms with Gasteiger partial charge in [-0.15, -0.1) is 0 Å². The fourth-order valence-corrected chi connectivity index (χ4v) is 1.82. The average molecular weight is 312 g/mol. The maximum absolute atomic E-state index is 12.3. The zero-order valence-electron chi connectivity index (χ0n) is 11.3. The third-order valence-electron chi connectivity index (χ3n) is 2.83. The topological polar surface area (TPSA) is 71.2 Å². The number of H-pyrrole nitrogens is 1. The Morgan fingerprint density at radius 2 is 1.95 bits per heavy atom. The number of aromatic nitrogens is 1. The molecule has 2 rings (SSSR count). The Kier molecular flexibility index (Phi) is 4.20. The first kappa shape index (κ1) is 15.6. The minimum absolute atomic E-state index is 0.443. The van der Waals surface area contributed by atoms with Crippen LogP contribution in [0.3, 0.4) is 0 Å². The Morgan fingerprint density at radius 1 is 1.27 bits per heavy atom. The lowest BCUT2D eigenvalue weighted by atomic mass is 10.1. The summed E-state index contributed by atoms with van der Waals surface area (Å²) in [6, 6.07) is 7.00. The Morgan fingerprint density at radius 3 is 2.59 bits per heavy atom. The third kappa shape index (κ3) is 3.27. The predicted molar refractivity (Wildman–Crippen MR) is 72.5 cm³/mol. The van der Waals surface area contributed by atoms with Crippen molar-refractivity contribution < 1.29 is 27.5 Å². The fourth-order valence-electron chi connectivity index (χ4n) is 1.82. The number of esters is 1. The van der Waals surface area contributed by atoms with Crippen molar-refractivity contribution in [2.24, 2.45) is 0 Å². The lowest BCUT2D eigenvalue weighted by Crippen LogP contribution is -2.38. The van der Waals surface area contributed by atoms with E-state index in [0.29, 0.717) is 10.9 Å². The van der Waals surface area contributed by atoms with Crippen LogP contribution in [-0.4, -0.2) is 30.1 Å². The number of halogens is 3. The summed E-state index contributed by atoms with van der Waals surface area (Å²) in [6.45, 7) is 0. The SMILES string of the molecule is COC(=O)C(=Cc1c[nH]c2ccccc12)NC(=O)C(F)(F)F. The molecule has 2 N–H and O–H groups in total. The van der Waals surface area contributed by atoms with Crippen LogP contribution in [0.2, 0.25) is 0 Å². The zero-order chi connectivity index (χ0) is 16.3. The van der Waals surface area contributed by atoms with E-state index in [4.69, 9.17) is 0 Å². The van der Waals surface area contributed by atoms with Crippen molar-refractivity contribution >= 4 is 28.9 Å². The van der Waals surface area contributed by atoms with E-state index in [0.717, 1.165) is 18.7 Å². The number of fused-ring (bicyclic) bond motifs is 1. The highest BCUT2D eigenvalue weighted by atomic mass is 19.4. The lowest BCUT2D eigenvalue weighted by Gasteiger charge is -2.09. The third-order valence-corrected chi connectivity index (χ3v) is 2.83. The van der Waals surface area contributed by atoms with Crippen LogP contribution in [0, 0.1) is 0 Å². The molecule has 1 aromatic carbocycles. The highest BCUT2D eigenvalue weighted by Crippen LogP contribution is 2.21. The number of aromatic amines is 1. The van der Waals surface area contributed by atoms with Gasteiger partial charge >= 0.3 is 18.1 Å². The number of ether oxygens (including phenoxy) is 1. The van der Waals surface area contributed by atoms with Crippen LogP contribution in [0.4, 0.5) is 13.2 Å². The van der Waals surface area contributed by atoms with E-state index in [1.54, 1.807) is 24.3 Å². The minimum Gasteiger partial charge on any atom is -0.464 e. The number of hydrogen-bond donors (Lipinski definition) is 2. The molecule has 0 atom stereocenters. The molecular weight excluding hydrogens is 301 g/mol. The van der Waals surface area contributed by atoms with E-state index in [2.05, 4.69) is 9.72 Å². The highest BCUT2D eigenvalue weighted by Gasteiger charge is 2.39. The van der Waals surface area contributed by atoms with Gasteiger partial charge < -0.3 is 15.0 Å². The molecular formula is C14H11F3N2O3. The number of rotatable bonds is 3. The molecule has 0 bridgehead atoms. The smallest absolute Gasteiger partial charge is 0.464 e. The molecule has 0 spiro atoms. The van der Waals surface area contributed by atoms with Gasteiger partial charge in [-0.1, -0.05) is 18.2 Å². The van der Waals surface area contributed by atoms with Gasteiger partial charge in [0.1, 0.15) is 5.70 Å². The number of carbonyl (C=O) groups excluding carboxylic acids is 2. The highest BCUT2D eigenvalue weighted by molar-refractivity contribution is 6.01. The first-order valence-corrected chi connectivity index (χ1v) is 6.07. The molecule has 0 radical (unpaired) electrons. The van der Waals surface area contributed by atoms with Crippen LogP contribution in [0.1, 0.15) is 5.56 Å². The Balaban J connectivity index is 2.41. The quantitative estimate of drug-likeness (QED) is 0.675. The number of para-hydroxylation sites is 1. The van der Waals surface area contributed by atoms with Crippen LogP contribution in [-0.2, 0) is 14.3 Å². The van der Waals surface area contributed by atoms with E-state index in [1.807, 2.05) is 0 Å². The summed E-state index contributed by atoms with van der Waals surface area (Å²) in [6.07, 6.45) is -2.48. The van der Waals surface area contributed by atoms with Crippen molar-refractivity contribution in [1.29, 1.82) is 0 Å². The second-order valence-electron chi connectivity index (χ2n) is 4.29. The van der Waals surface area contributed by atoms with Gasteiger partial charge in [0.15, 0.2) is 0 Å². The van der Waals surface area contributed by atoms with E-state index < -0.39 is 23.7 Å². The molecule has 0 unspecified atom stereocenters. The summed E-state index contributed by atoms with van der Waals surface area (Å²) in [5.41, 5.74) is 0.577. The standard InChI is InChI=1S/C14H11F3N2O3/c1-22-12(20)11(19-13(21)14(15,16)17)6-8-7-18-10-5-3-2-4-9(8)10/h2-7,18H,1H3,(H,19,21). The maximum Gasteiger partial charge on any atom is 0.471 e. The van der Waals surface area contributed by atoms with Gasteiger partial charge in [0, 0.05) is 22.7 Å². The number of hydrogen-bond acceptors (Lipinski definition) is 3. The summed E-state index contributed by atoms with van der Waals surface area (Å²) < 4.78 is 41.3. The van der Waals surface area contributed by atoms with Gasteiger partial charge in [-0.2, -0.15) is 13.2 Å². The van der Waals surface area contributed by atoms with Gasteiger partial charge in [0.25, 0.3) is 0 Å². The second kappa shape index (κ2) is 5.92. The molecule has 0 aliphatic heterocycles. The molecule has 1 amide bonds. The number of benzene rings is 1. The van der Waals surface area contributed by atoms with Crippen LogP contribution < -0.4 is 5.32 Å². The summed E-state index contributed by atoms with van der Waals surface area (Å²) in [5.74, 6) is -3.33. The number of alkyl halides is 3. The molecule has 2 aromatic rings. The lowest BCUT2D eigenvalue weighted by molar-refractivity contribution is -0.173. The number of amides is 1. The molecule has 116 valence electrons. The molecule has 0 saturated heterocycles. The maximum atomic E-state index is 12.3. The predicted octanol–water partition coefficient (Wildman–Crippen LogP) is 2.36. The molecule has 22 heavy (non-hydrogen) atoms.